The van der Waals surface area contributed by atoms with Crippen molar-refractivity contribution in [1.29, 1.82) is 5.26 Å². The van der Waals surface area contributed by atoms with Crippen LogP contribution in [-0.4, -0.2) is 24.6 Å². The predicted molar refractivity (Wildman–Crippen MR) is 60.8 cm³/mol. The van der Waals surface area contributed by atoms with E-state index in [2.05, 4.69) is 16.6 Å². The molecule has 6 heteroatoms. The third-order valence-corrected chi connectivity index (χ3v) is 2.71. The largest absolute Gasteiger partial charge is 0.384 e. The molecule has 1 aromatic heterocycles. The van der Waals surface area contributed by atoms with Crippen molar-refractivity contribution in [2.45, 2.75) is 6.92 Å². The summed E-state index contributed by atoms with van der Waals surface area (Å²) in [6.07, 6.45) is 0. The number of methoxy groups -OCH3 is 1. The van der Waals surface area contributed by atoms with Gasteiger partial charge in [-0.05, 0) is 17.5 Å². The highest BCUT2D eigenvalue weighted by molar-refractivity contribution is 7.10. The van der Waals surface area contributed by atoms with Crippen LogP contribution in [0.15, 0.2) is 0 Å². The fraction of sp³-hybridized carbons (Fsp3) is 0.556. The number of nitriles is 1. The predicted octanol–water partition coefficient (Wildman–Crippen LogP) is 1.29. The van der Waals surface area contributed by atoms with Crippen molar-refractivity contribution in [3.05, 3.63) is 5.56 Å². The molecule has 15 heavy (non-hydrogen) atoms. The number of aromatic nitrogens is 1. The lowest BCUT2D eigenvalue weighted by Gasteiger charge is -2.10. The quantitative estimate of drug-likeness (QED) is 0.790. The molecule has 0 saturated heterocycles. The average molecular weight is 226 g/mol. The molecule has 0 radical (unpaired) electrons. The number of nitrogens with one attached hydrogen (secondary N) is 1. The number of hydrogen-bond acceptors (Lipinski definition) is 6. The van der Waals surface area contributed by atoms with Crippen LogP contribution in [0.4, 0.5) is 10.8 Å². The van der Waals surface area contributed by atoms with Crippen LogP contribution in [0.1, 0.15) is 12.5 Å². The summed E-state index contributed by atoms with van der Waals surface area (Å²) in [5.41, 5.74) is 5.96. The van der Waals surface area contributed by atoms with Crippen molar-refractivity contribution >= 4 is 22.4 Å². The maximum atomic E-state index is 8.83. The summed E-state index contributed by atoms with van der Waals surface area (Å²) in [5, 5.41) is 12.7. The van der Waals surface area contributed by atoms with Crippen LogP contribution >= 0.6 is 11.5 Å². The van der Waals surface area contributed by atoms with Gasteiger partial charge in [0, 0.05) is 13.7 Å². The Morgan fingerprint density at radius 2 is 2.47 bits per heavy atom. The van der Waals surface area contributed by atoms with Crippen molar-refractivity contribution in [3.63, 3.8) is 0 Å². The molecule has 0 aliphatic rings. The Kier molecular flexibility index (Phi) is 4.34. The third kappa shape index (κ3) is 3.08. The molecule has 82 valence electrons. The number of rotatable bonds is 5. The molecular formula is C9H14N4OS. The van der Waals surface area contributed by atoms with Crippen molar-refractivity contribution < 1.29 is 4.74 Å². The Balaban J connectivity index is 2.54. The SMILES string of the molecule is COCC(C)CNc1snc(N)c1C#N. The van der Waals surface area contributed by atoms with Crippen LogP contribution < -0.4 is 11.1 Å². The van der Waals surface area contributed by atoms with Gasteiger partial charge in [-0.1, -0.05) is 6.92 Å². The summed E-state index contributed by atoms with van der Waals surface area (Å²) in [6, 6.07) is 2.03. The van der Waals surface area contributed by atoms with Crippen LogP contribution in [0.5, 0.6) is 0 Å². The zero-order valence-corrected chi connectivity index (χ0v) is 9.60. The molecule has 1 unspecified atom stereocenters. The summed E-state index contributed by atoms with van der Waals surface area (Å²) >= 11 is 1.21. The second kappa shape index (κ2) is 5.53. The highest BCUT2D eigenvalue weighted by Crippen LogP contribution is 2.25. The van der Waals surface area contributed by atoms with E-state index in [9.17, 15) is 0 Å². The fourth-order valence-electron chi connectivity index (χ4n) is 1.14. The first-order valence-corrected chi connectivity index (χ1v) is 5.34. The number of nitrogens with zero attached hydrogens (tertiary/aromatic N) is 2. The monoisotopic (exact) mass is 226 g/mol. The van der Waals surface area contributed by atoms with E-state index in [1.165, 1.54) is 11.5 Å². The van der Waals surface area contributed by atoms with Crippen molar-refractivity contribution in [1.82, 2.24) is 4.37 Å². The summed E-state index contributed by atoms with van der Waals surface area (Å²) in [4.78, 5) is 0. The molecule has 1 atom stereocenters. The topological polar surface area (TPSA) is 84.0 Å². The molecule has 1 aromatic rings. The van der Waals surface area contributed by atoms with Crippen LogP contribution in [0.25, 0.3) is 0 Å². The molecule has 0 aliphatic heterocycles. The van der Waals surface area contributed by atoms with Gasteiger partial charge in [-0.2, -0.15) is 9.64 Å². The Bertz CT molecular complexity index is 357. The van der Waals surface area contributed by atoms with E-state index < -0.39 is 0 Å². The molecule has 0 aromatic carbocycles. The minimum atomic E-state index is 0.296. The van der Waals surface area contributed by atoms with E-state index in [-0.39, 0.29) is 0 Å². The normalized spacial score (nSPS) is 12.1. The molecule has 0 saturated carbocycles. The minimum absolute atomic E-state index is 0.296. The lowest BCUT2D eigenvalue weighted by molar-refractivity contribution is 0.164. The molecule has 1 heterocycles. The lowest BCUT2D eigenvalue weighted by Crippen LogP contribution is -2.15. The van der Waals surface area contributed by atoms with Gasteiger partial charge >= 0.3 is 0 Å². The van der Waals surface area contributed by atoms with E-state index in [0.29, 0.717) is 23.9 Å². The molecule has 0 aliphatic carbocycles. The van der Waals surface area contributed by atoms with Gasteiger partial charge in [0.2, 0.25) is 0 Å². The maximum Gasteiger partial charge on any atom is 0.157 e. The van der Waals surface area contributed by atoms with E-state index in [1.807, 2.05) is 6.07 Å². The maximum absolute atomic E-state index is 8.83. The molecule has 0 fully saturated rings. The van der Waals surface area contributed by atoms with Crippen molar-refractivity contribution in [2.24, 2.45) is 5.92 Å². The van der Waals surface area contributed by atoms with Crippen LogP contribution in [0.3, 0.4) is 0 Å². The molecular weight excluding hydrogens is 212 g/mol. The van der Waals surface area contributed by atoms with Gasteiger partial charge < -0.3 is 15.8 Å². The van der Waals surface area contributed by atoms with E-state index >= 15 is 0 Å². The Morgan fingerprint density at radius 3 is 3.07 bits per heavy atom. The van der Waals surface area contributed by atoms with Gasteiger partial charge in [-0.3, -0.25) is 0 Å². The van der Waals surface area contributed by atoms with Gasteiger partial charge in [0.15, 0.2) is 5.82 Å². The van der Waals surface area contributed by atoms with Gasteiger partial charge in [-0.15, -0.1) is 0 Å². The molecule has 0 bridgehead atoms. The number of nitrogen functional groups attached to an aromatic ring is 1. The zero-order valence-electron chi connectivity index (χ0n) is 8.78. The standard InChI is InChI=1S/C9H14N4OS/c1-6(5-14-2)4-12-9-7(3-10)8(11)13-15-9/h6,12H,4-5H2,1-2H3,(H2,11,13). The summed E-state index contributed by atoms with van der Waals surface area (Å²) < 4.78 is 8.93. The van der Waals surface area contributed by atoms with Crippen LogP contribution in [0, 0.1) is 17.2 Å². The lowest BCUT2D eigenvalue weighted by atomic mass is 10.2. The smallest absolute Gasteiger partial charge is 0.157 e. The fourth-order valence-corrected chi connectivity index (χ4v) is 1.81. The van der Waals surface area contributed by atoms with E-state index in [4.69, 9.17) is 15.7 Å². The van der Waals surface area contributed by atoms with Gasteiger partial charge in [0.25, 0.3) is 0 Å². The van der Waals surface area contributed by atoms with Crippen LogP contribution in [0.2, 0.25) is 0 Å². The van der Waals surface area contributed by atoms with Crippen LogP contribution in [-0.2, 0) is 4.74 Å². The van der Waals surface area contributed by atoms with E-state index in [0.717, 1.165) is 11.5 Å². The number of anilines is 2. The first-order chi connectivity index (χ1) is 7.19. The highest BCUT2D eigenvalue weighted by Gasteiger charge is 2.11. The van der Waals surface area contributed by atoms with Gasteiger partial charge in [-0.25, -0.2) is 0 Å². The number of hydrogen-bond donors (Lipinski definition) is 2. The van der Waals surface area contributed by atoms with E-state index in [1.54, 1.807) is 7.11 Å². The molecule has 3 N–H and O–H groups in total. The third-order valence-electron chi connectivity index (χ3n) is 1.89. The second-order valence-corrected chi connectivity index (χ2v) is 4.10. The first kappa shape index (κ1) is 11.8. The first-order valence-electron chi connectivity index (χ1n) is 4.57. The molecule has 0 amide bonds. The second-order valence-electron chi connectivity index (χ2n) is 3.33. The Morgan fingerprint density at radius 1 is 1.73 bits per heavy atom. The minimum Gasteiger partial charge on any atom is -0.384 e. The number of nitrogens with two attached hydrogens (primary N) is 1. The summed E-state index contributed by atoms with van der Waals surface area (Å²) in [7, 11) is 1.67. The van der Waals surface area contributed by atoms with Crippen molar-refractivity contribution in [3.8, 4) is 6.07 Å². The van der Waals surface area contributed by atoms with Gasteiger partial charge in [0.1, 0.15) is 16.6 Å². The highest BCUT2D eigenvalue weighted by atomic mass is 32.1. The molecule has 5 nitrogen and oxygen atoms in total. The Hall–Kier alpha value is -1.32. The molecule has 1 rings (SSSR count). The summed E-state index contributed by atoms with van der Waals surface area (Å²) in [5.74, 6) is 0.675. The number of ether oxygens (including phenoxy) is 1. The average Bonchev–Trinajstić information content (AvgIpc) is 2.56. The zero-order chi connectivity index (χ0) is 11.3. The van der Waals surface area contributed by atoms with Crippen molar-refractivity contribution in [2.75, 3.05) is 31.3 Å². The Labute approximate surface area is 93.0 Å². The summed E-state index contributed by atoms with van der Waals surface area (Å²) in [6.45, 7) is 3.49. The molecule has 0 spiro atoms. The van der Waals surface area contributed by atoms with Gasteiger partial charge in [0.05, 0.1) is 6.61 Å².